The van der Waals surface area contributed by atoms with E-state index in [4.69, 9.17) is 4.74 Å². The highest BCUT2D eigenvalue weighted by atomic mass is 16.6. The highest BCUT2D eigenvalue weighted by molar-refractivity contribution is 5.68. The Hall–Kier alpha value is -1.07. The number of aliphatic hydroxyl groups is 2. The lowest BCUT2D eigenvalue weighted by Gasteiger charge is -2.24. The number of unbranched alkanes of at least 4 members (excludes halogenated alkanes) is 2. The summed E-state index contributed by atoms with van der Waals surface area (Å²) in [5.41, 5.74) is -0.605. The maximum Gasteiger partial charge on any atom is 0.408 e. The first-order valence-electron chi connectivity index (χ1n) is 6.75. The normalized spacial score (nSPS) is 15.3. The zero-order valence-electron chi connectivity index (χ0n) is 12.3. The summed E-state index contributed by atoms with van der Waals surface area (Å²) >= 11 is 0. The molecule has 0 bridgehead atoms. The van der Waals surface area contributed by atoms with E-state index in [1.54, 1.807) is 26.8 Å². The van der Waals surface area contributed by atoms with Crippen molar-refractivity contribution in [3.05, 3.63) is 12.2 Å². The molecule has 0 saturated carbocycles. The highest BCUT2D eigenvalue weighted by Crippen LogP contribution is 2.07. The third-order valence-electron chi connectivity index (χ3n) is 2.37. The van der Waals surface area contributed by atoms with Crippen molar-refractivity contribution in [1.82, 2.24) is 5.32 Å². The first-order valence-corrected chi connectivity index (χ1v) is 6.75. The van der Waals surface area contributed by atoms with Crippen LogP contribution in [0.3, 0.4) is 0 Å². The number of aliphatic hydroxyl groups excluding tert-OH is 2. The Morgan fingerprint density at radius 1 is 1.42 bits per heavy atom. The molecule has 0 saturated heterocycles. The predicted molar refractivity (Wildman–Crippen MR) is 74.9 cm³/mol. The summed E-state index contributed by atoms with van der Waals surface area (Å²) in [4.78, 5) is 11.5. The van der Waals surface area contributed by atoms with E-state index in [-0.39, 0.29) is 6.61 Å². The van der Waals surface area contributed by atoms with Gasteiger partial charge < -0.3 is 20.3 Å². The van der Waals surface area contributed by atoms with Gasteiger partial charge in [-0.05, 0) is 27.2 Å². The minimum atomic E-state index is -0.922. The van der Waals surface area contributed by atoms with Gasteiger partial charge in [0.25, 0.3) is 0 Å². The summed E-state index contributed by atoms with van der Waals surface area (Å²) < 4.78 is 5.07. The van der Waals surface area contributed by atoms with E-state index in [0.717, 1.165) is 19.3 Å². The van der Waals surface area contributed by atoms with E-state index in [2.05, 4.69) is 12.2 Å². The molecule has 0 aromatic heterocycles. The Kier molecular flexibility index (Phi) is 8.43. The minimum absolute atomic E-state index is 0.349. The number of carbonyl (C=O) groups is 1. The van der Waals surface area contributed by atoms with E-state index in [1.165, 1.54) is 0 Å². The lowest BCUT2D eigenvalue weighted by atomic mass is 10.1. The lowest BCUT2D eigenvalue weighted by molar-refractivity contribution is 0.0405. The van der Waals surface area contributed by atoms with Crippen molar-refractivity contribution in [2.45, 2.75) is 64.7 Å². The molecule has 2 atom stereocenters. The van der Waals surface area contributed by atoms with Gasteiger partial charge in [-0.1, -0.05) is 31.9 Å². The van der Waals surface area contributed by atoms with Crippen LogP contribution in [0, 0.1) is 0 Å². The van der Waals surface area contributed by atoms with Crippen molar-refractivity contribution in [1.29, 1.82) is 0 Å². The van der Waals surface area contributed by atoms with E-state index < -0.39 is 23.8 Å². The fourth-order valence-electron chi connectivity index (χ4n) is 1.39. The second-order valence-electron chi connectivity index (χ2n) is 5.50. The molecule has 0 aliphatic heterocycles. The number of ether oxygens (including phenoxy) is 1. The van der Waals surface area contributed by atoms with Gasteiger partial charge in [0, 0.05) is 0 Å². The third kappa shape index (κ3) is 9.50. The van der Waals surface area contributed by atoms with Gasteiger partial charge in [-0.15, -0.1) is 0 Å². The number of carbonyl (C=O) groups excluding carboxylic acids is 1. The fraction of sp³-hybridized carbons (Fsp3) is 0.786. The van der Waals surface area contributed by atoms with E-state index in [0.29, 0.717) is 0 Å². The average molecular weight is 273 g/mol. The Morgan fingerprint density at radius 2 is 2.05 bits per heavy atom. The van der Waals surface area contributed by atoms with Crippen LogP contribution < -0.4 is 5.32 Å². The van der Waals surface area contributed by atoms with Crippen molar-refractivity contribution >= 4 is 6.09 Å². The summed E-state index contributed by atoms with van der Waals surface area (Å²) in [6.45, 7) is 6.99. The molecule has 0 rings (SSSR count). The smallest absolute Gasteiger partial charge is 0.408 e. The van der Waals surface area contributed by atoms with Crippen LogP contribution in [0.25, 0.3) is 0 Å². The molecule has 0 aliphatic carbocycles. The lowest BCUT2D eigenvalue weighted by Crippen LogP contribution is -2.47. The second-order valence-corrected chi connectivity index (χ2v) is 5.50. The van der Waals surface area contributed by atoms with Crippen LogP contribution in [-0.2, 0) is 4.74 Å². The highest BCUT2D eigenvalue weighted by Gasteiger charge is 2.22. The van der Waals surface area contributed by atoms with Crippen LogP contribution in [0.5, 0.6) is 0 Å². The predicted octanol–water partition coefficient (Wildman–Crippen LogP) is 1.98. The zero-order chi connectivity index (χ0) is 14.9. The standard InChI is InChI=1S/C14H27NO4/c1-5-6-7-8-9-12(17)11(10-16)15-13(18)19-14(2,3)4/h8-9,11-12,16-17H,5-7,10H2,1-4H3,(H,15,18)/b9-8+/t11-,12+/m0/s1. The minimum Gasteiger partial charge on any atom is -0.444 e. The van der Waals surface area contributed by atoms with Gasteiger partial charge in [0.05, 0.1) is 18.8 Å². The van der Waals surface area contributed by atoms with Crippen molar-refractivity contribution in [2.75, 3.05) is 6.61 Å². The van der Waals surface area contributed by atoms with Crippen LogP contribution in [0.2, 0.25) is 0 Å². The molecule has 0 aromatic carbocycles. The first kappa shape index (κ1) is 17.9. The van der Waals surface area contributed by atoms with E-state index in [1.807, 2.05) is 6.08 Å². The molecule has 3 N–H and O–H groups in total. The Labute approximate surface area is 115 Å². The molecule has 112 valence electrons. The van der Waals surface area contributed by atoms with Gasteiger partial charge in [0.15, 0.2) is 0 Å². The van der Waals surface area contributed by atoms with Crippen LogP contribution >= 0.6 is 0 Å². The quantitative estimate of drug-likeness (QED) is 0.489. The second kappa shape index (κ2) is 8.93. The number of hydrogen-bond acceptors (Lipinski definition) is 4. The molecule has 0 spiro atoms. The molecular weight excluding hydrogens is 246 g/mol. The molecule has 0 aromatic rings. The molecule has 0 aliphatic rings. The molecule has 5 heteroatoms. The Bertz CT molecular complexity index is 284. The molecule has 5 nitrogen and oxygen atoms in total. The molecule has 19 heavy (non-hydrogen) atoms. The van der Waals surface area contributed by atoms with Crippen LogP contribution in [0.1, 0.15) is 47.0 Å². The maximum atomic E-state index is 11.5. The van der Waals surface area contributed by atoms with Gasteiger partial charge in [0.1, 0.15) is 5.60 Å². The van der Waals surface area contributed by atoms with Gasteiger partial charge in [-0.2, -0.15) is 0 Å². The van der Waals surface area contributed by atoms with E-state index in [9.17, 15) is 15.0 Å². The average Bonchev–Trinajstić information content (AvgIpc) is 2.29. The topological polar surface area (TPSA) is 78.8 Å². The van der Waals surface area contributed by atoms with Gasteiger partial charge in [-0.3, -0.25) is 0 Å². The van der Waals surface area contributed by atoms with Crippen molar-refractivity contribution in [3.8, 4) is 0 Å². The number of nitrogens with one attached hydrogen (secondary N) is 1. The number of hydrogen-bond donors (Lipinski definition) is 3. The summed E-state index contributed by atoms with van der Waals surface area (Å²) in [6.07, 6.45) is 4.88. The molecule has 0 radical (unpaired) electrons. The van der Waals surface area contributed by atoms with Crippen LogP contribution in [-0.4, -0.2) is 40.7 Å². The van der Waals surface area contributed by atoms with E-state index >= 15 is 0 Å². The Morgan fingerprint density at radius 3 is 2.53 bits per heavy atom. The summed E-state index contributed by atoms with van der Waals surface area (Å²) in [5.74, 6) is 0. The number of amides is 1. The van der Waals surface area contributed by atoms with Gasteiger partial charge in [-0.25, -0.2) is 4.79 Å². The molecule has 1 amide bonds. The maximum absolute atomic E-state index is 11.5. The summed E-state index contributed by atoms with van der Waals surface area (Å²) in [6, 6.07) is -0.757. The monoisotopic (exact) mass is 273 g/mol. The number of rotatable bonds is 7. The molecule has 0 heterocycles. The Balaban J connectivity index is 4.25. The van der Waals surface area contributed by atoms with Crippen molar-refractivity contribution in [2.24, 2.45) is 0 Å². The largest absolute Gasteiger partial charge is 0.444 e. The zero-order valence-corrected chi connectivity index (χ0v) is 12.3. The first-order chi connectivity index (χ1) is 8.80. The van der Waals surface area contributed by atoms with Crippen molar-refractivity contribution in [3.63, 3.8) is 0 Å². The van der Waals surface area contributed by atoms with Gasteiger partial charge >= 0.3 is 6.09 Å². The summed E-state index contributed by atoms with van der Waals surface area (Å²) in [7, 11) is 0. The fourth-order valence-corrected chi connectivity index (χ4v) is 1.39. The van der Waals surface area contributed by atoms with Crippen LogP contribution in [0.4, 0.5) is 4.79 Å². The molecule has 0 fully saturated rings. The SMILES string of the molecule is CCCC/C=C/[C@@H](O)[C@H](CO)NC(=O)OC(C)(C)C. The summed E-state index contributed by atoms with van der Waals surface area (Å²) in [5, 5.41) is 21.5. The number of allylic oxidation sites excluding steroid dienone is 1. The number of alkyl carbamates (subject to hydrolysis) is 1. The van der Waals surface area contributed by atoms with Crippen LogP contribution in [0.15, 0.2) is 12.2 Å². The molecule has 0 unspecified atom stereocenters. The molecular formula is C14H27NO4. The van der Waals surface area contributed by atoms with Gasteiger partial charge in [0.2, 0.25) is 0 Å². The van der Waals surface area contributed by atoms with Crippen molar-refractivity contribution < 1.29 is 19.7 Å². The third-order valence-corrected chi connectivity index (χ3v) is 2.37.